The molecule has 0 saturated heterocycles. The van der Waals surface area contributed by atoms with Crippen molar-refractivity contribution in [3.8, 4) is 0 Å². The molecule has 0 aromatic heterocycles. The summed E-state index contributed by atoms with van der Waals surface area (Å²) in [5.41, 5.74) is 1.71. The van der Waals surface area contributed by atoms with Crippen molar-refractivity contribution in [1.29, 1.82) is 0 Å². The van der Waals surface area contributed by atoms with E-state index in [1.54, 1.807) is 18.3 Å². The molecule has 0 amide bonds. The number of hydrogen-bond acceptors (Lipinski definition) is 4. The van der Waals surface area contributed by atoms with Gasteiger partial charge in [-0.1, -0.05) is 32.9 Å². The predicted molar refractivity (Wildman–Crippen MR) is 115 cm³/mol. The van der Waals surface area contributed by atoms with Crippen LogP contribution in [0.25, 0.3) is 5.70 Å². The first-order valence-corrected chi connectivity index (χ1v) is 11.3. The first-order chi connectivity index (χ1) is 13.9. The largest absolute Gasteiger partial charge is 0.370 e. The third kappa shape index (κ3) is 4.28. The zero-order chi connectivity index (χ0) is 22.3. The quantitative estimate of drug-likeness (QED) is 0.719. The lowest BCUT2D eigenvalue weighted by Crippen LogP contribution is -2.33. The van der Waals surface area contributed by atoms with Crippen molar-refractivity contribution in [3.05, 3.63) is 65.4 Å². The standard InChI is InChI=1S/C22H27F2N3O2S/c1-6-27-14(2)25-13-21(27)17-11-18(23)19(24)12-20(17)26-30(28,29)16-9-7-15(8-10-16)22(3,4)5/h7-14,25-26H,6H2,1-5H3. The predicted octanol–water partition coefficient (Wildman–Crippen LogP) is 4.63. The van der Waals surface area contributed by atoms with E-state index in [-0.39, 0.29) is 27.7 Å². The summed E-state index contributed by atoms with van der Waals surface area (Å²) in [6.07, 6.45) is 1.63. The number of benzene rings is 2. The second kappa shape index (κ2) is 7.91. The molecule has 3 rings (SSSR count). The minimum atomic E-state index is -4.00. The van der Waals surface area contributed by atoms with Gasteiger partial charge in [0.05, 0.1) is 22.4 Å². The number of halogens is 2. The lowest BCUT2D eigenvalue weighted by atomic mass is 9.87. The summed E-state index contributed by atoms with van der Waals surface area (Å²) in [5, 5.41) is 3.12. The van der Waals surface area contributed by atoms with E-state index in [9.17, 15) is 17.2 Å². The van der Waals surface area contributed by atoms with Gasteiger partial charge in [-0.3, -0.25) is 4.72 Å². The Balaban J connectivity index is 2.01. The minimum absolute atomic E-state index is 0.0191. The lowest BCUT2D eigenvalue weighted by Gasteiger charge is -2.26. The number of rotatable bonds is 5. The molecule has 5 nitrogen and oxygen atoms in total. The van der Waals surface area contributed by atoms with Crippen LogP contribution in [-0.2, 0) is 15.4 Å². The van der Waals surface area contributed by atoms with Crippen molar-refractivity contribution < 1.29 is 17.2 Å². The summed E-state index contributed by atoms with van der Waals surface area (Å²) in [6, 6.07) is 8.43. The fourth-order valence-electron chi connectivity index (χ4n) is 3.44. The van der Waals surface area contributed by atoms with Gasteiger partial charge in [-0.05, 0) is 43.0 Å². The highest BCUT2D eigenvalue weighted by atomic mass is 32.2. The van der Waals surface area contributed by atoms with Crippen LogP contribution in [0, 0.1) is 11.6 Å². The van der Waals surface area contributed by atoms with Crippen molar-refractivity contribution in [1.82, 2.24) is 10.2 Å². The third-order valence-corrected chi connectivity index (χ3v) is 6.57. The molecular weight excluding hydrogens is 408 g/mol. The summed E-state index contributed by atoms with van der Waals surface area (Å²) in [7, 11) is -4.00. The number of hydrogen-bond donors (Lipinski definition) is 2. The van der Waals surface area contributed by atoms with E-state index in [1.165, 1.54) is 12.1 Å². The Labute approximate surface area is 176 Å². The van der Waals surface area contributed by atoms with Gasteiger partial charge in [0.25, 0.3) is 10.0 Å². The van der Waals surface area contributed by atoms with Crippen LogP contribution in [0.5, 0.6) is 0 Å². The smallest absolute Gasteiger partial charge is 0.261 e. The van der Waals surface area contributed by atoms with Gasteiger partial charge in [0.15, 0.2) is 11.6 Å². The highest BCUT2D eigenvalue weighted by Crippen LogP contribution is 2.33. The molecule has 8 heteroatoms. The molecular formula is C22H27F2N3O2S. The summed E-state index contributed by atoms with van der Waals surface area (Å²) in [4.78, 5) is 1.98. The normalized spacial score (nSPS) is 17.0. The summed E-state index contributed by atoms with van der Waals surface area (Å²) in [5.74, 6) is -2.17. The van der Waals surface area contributed by atoms with Crippen LogP contribution in [0.15, 0.2) is 47.5 Å². The Kier molecular flexibility index (Phi) is 5.82. The molecule has 2 aromatic carbocycles. The molecule has 1 atom stereocenters. The van der Waals surface area contributed by atoms with E-state index in [0.29, 0.717) is 12.2 Å². The maximum atomic E-state index is 14.0. The second-order valence-electron chi connectivity index (χ2n) is 8.35. The molecule has 1 unspecified atom stereocenters. The summed E-state index contributed by atoms with van der Waals surface area (Å²) >= 11 is 0. The van der Waals surface area contributed by atoms with Crippen LogP contribution in [0.2, 0.25) is 0 Å². The van der Waals surface area contributed by atoms with Crippen molar-refractivity contribution in [2.24, 2.45) is 0 Å². The Hall–Kier alpha value is -2.61. The van der Waals surface area contributed by atoms with Crippen molar-refractivity contribution in [2.45, 2.75) is 51.1 Å². The van der Waals surface area contributed by atoms with Gasteiger partial charge in [-0.2, -0.15) is 0 Å². The molecule has 0 aliphatic carbocycles. The monoisotopic (exact) mass is 435 g/mol. The first kappa shape index (κ1) is 22.1. The summed E-state index contributed by atoms with van der Waals surface area (Å²) in [6.45, 7) is 10.6. The summed E-state index contributed by atoms with van der Waals surface area (Å²) < 4.78 is 56.4. The van der Waals surface area contributed by atoms with Crippen LogP contribution in [0.4, 0.5) is 14.5 Å². The zero-order valence-electron chi connectivity index (χ0n) is 17.8. The van der Waals surface area contributed by atoms with Crippen LogP contribution in [0.3, 0.4) is 0 Å². The van der Waals surface area contributed by atoms with Crippen LogP contribution in [0.1, 0.15) is 45.7 Å². The molecule has 1 aliphatic heterocycles. The van der Waals surface area contributed by atoms with E-state index in [0.717, 1.165) is 17.7 Å². The molecule has 30 heavy (non-hydrogen) atoms. The molecule has 0 radical (unpaired) electrons. The maximum absolute atomic E-state index is 14.0. The van der Waals surface area contributed by atoms with E-state index in [2.05, 4.69) is 10.0 Å². The first-order valence-electron chi connectivity index (χ1n) is 9.79. The molecule has 1 heterocycles. The van der Waals surface area contributed by atoms with E-state index in [1.807, 2.05) is 39.5 Å². The Morgan fingerprint density at radius 2 is 1.70 bits per heavy atom. The van der Waals surface area contributed by atoms with Crippen LogP contribution >= 0.6 is 0 Å². The molecule has 1 aliphatic rings. The molecule has 0 saturated carbocycles. The number of nitrogens with one attached hydrogen (secondary N) is 2. The van der Waals surface area contributed by atoms with Crippen LogP contribution < -0.4 is 10.0 Å². The number of nitrogens with zero attached hydrogens (tertiary/aromatic N) is 1. The van der Waals surface area contributed by atoms with Gasteiger partial charge in [0, 0.05) is 24.4 Å². The van der Waals surface area contributed by atoms with E-state index >= 15 is 0 Å². The molecule has 0 bridgehead atoms. The molecule has 2 N–H and O–H groups in total. The molecule has 2 aromatic rings. The maximum Gasteiger partial charge on any atom is 0.261 e. The van der Waals surface area contributed by atoms with Gasteiger partial charge < -0.3 is 10.2 Å². The minimum Gasteiger partial charge on any atom is -0.370 e. The average molecular weight is 436 g/mol. The Bertz CT molecular complexity index is 1070. The highest BCUT2D eigenvalue weighted by Gasteiger charge is 2.27. The van der Waals surface area contributed by atoms with Crippen molar-refractivity contribution in [3.63, 3.8) is 0 Å². The third-order valence-electron chi connectivity index (χ3n) is 5.19. The van der Waals surface area contributed by atoms with Gasteiger partial charge in [-0.25, -0.2) is 17.2 Å². The second-order valence-corrected chi connectivity index (χ2v) is 10.0. The van der Waals surface area contributed by atoms with Gasteiger partial charge in [0.1, 0.15) is 0 Å². The average Bonchev–Trinajstić information content (AvgIpc) is 3.04. The van der Waals surface area contributed by atoms with E-state index < -0.39 is 21.7 Å². The molecule has 0 fully saturated rings. The topological polar surface area (TPSA) is 61.4 Å². The van der Waals surface area contributed by atoms with Gasteiger partial charge in [0.2, 0.25) is 0 Å². The van der Waals surface area contributed by atoms with Crippen LogP contribution in [-0.4, -0.2) is 26.0 Å². The molecule has 0 spiro atoms. The van der Waals surface area contributed by atoms with E-state index in [4.69, 9.17) is 0 Å². The van der Waals surface area contributed by atoms with Crippen molar-refractivity contribution >= 4 is 21.4 Å². The fraction of sp³-hybridized carbons (Fsp3) is 0.364. The Morgan fingerprint density at radius 1 is 1.10 bits per heavy atom. The lowest BCUT2D eigenvalue weighted by molar-refractivity contribution is 0.327. The zero-order valence-corrected chi connectivity index (χ0v) is 18.6. The number of anilines is 1. The molecule has 162 valence electrons. The van der Waals surface area contributed by atoms with Crippen molar-refractivity contribution in [2.75, 3.05) is 11.3 Å². The Morgan fingerprint density at radius 3 is 2.27 bits per heavy atom. The highest BCUT2D eigenvalue weighted by molar-refractivity contribution is 7.92. The van der Waals surface area contributed by atoms with Gasteiger partial charge in [-0.15, -0.1) is 0 Å². The number of sulfonamides is 1. The van der Waals surface area contributed by atoms with Gasteiger partial charge >= 0.3 is 0 Å². The SMILES string of the molecule is CCN1C(c2cc(F)c(F)cc2NS(=O)(=O)c2ccc(C(C)(C)C)cc2)=CNC1C. The fourth-order valence-corrected chi connectivity index (χ4v) is 4.51.